The Morgan fingerprint density at radius 2 is 0.929 bits per heavy atom. The maximum atomic E-state index is 12.8. The van der Waals surface area contributed by atoms with Crippen LogP contribution in [-0.4, -0.2) is 70.1 Å². The fourth-order valence-corrected chi connectivity index (χ4v) is 3.33. The number of hydrogen-bond donors (Lipinski definition) is 0. The number of ketones is 1. The summed E-state index contributed by atoms with van der Waals surface area (Å²) in [6.07, 6.45) is 4.44. The van der Waals surface area contributed by atoms with Crippen LogP contribution in [0.5, 0.6) is 0 Å². The number of aryl methyl sites for hydroxylation is 2. The van der Waals surface area contributed by atoms with Crippen LogP contribution < -0.4 is 0 Å². The van der Waals surface area contributed by atoms with Crippen LogP contribution in [-0.2, 0) is 12.8 Å². The Bertz CT molecular complexity index is 682. The van der Waals surface area contributed by atoms with Crippen LogP contribution in [0.2, 0.25) is 0 Å². The maximum absolute atomic E-state index is 12.8. The van der Waals surface area contributed by atoms with Gasteiger partial charge in [0.2, 0.25) is 0 Å². The van der Waals surface area contributed by atoms with Gasteiger partial charge in [-0.3, -0.25) is 4.79 Å². The van der Waals surface area contributed by atoms with Crippen molar-refractivity contribution in [3.63, 3.8) is 0 Å². The minimum Gasteiger partial charge on any atom is -0.331 e. The normalized spacial score (nSPS) is 12.2. The second-order valence-corrected chi connectivity index (χ2v) is 9.96. The molecule has 0 unspecified atom stereocenters. The molecule has 0 saturated carbocycles. The number of nitrogens with zero attached hydrogens (tertiary/aromatic N) is 2. The van der Waals surface area contributed by atoms with Gasteiger partial charge in [-0.15, -0.1) is 0 Å². The largest absolute Gasteiger partial charge is 0.331 e. The van der Waals surface area contributed by atoms with Crippen molar-refractivity contribution in [3.8, 4) is 0 Å². The lowest BCUT2D eigenvalue weighted by Crippen LogP contribution is -2.35. The van der Waals surface area contributed by atoms with E-state index >= 15 is 0 Å². The summed E-state index contributed by atoms with van der Waals surface area (Å²) in [7, 11) is 13.3. The molecule has 2 rings (SSSR count). The van der Waals surface area contributed by atoms with Crippen molar-refractivity contribution in [1.29, 1.82) is 0 Å². The molecule has 0 fully saturated rings. The molecule has 0 heterocycles. The molecule has 0 bridgehead atoms. The number of quaternary nitrogens is 2. The Balaban J connectivity index is 1.90. The highest BCUT2D eigenvalue weighted by Gasteiger charge is 2.11. The Morgan fingerprint density at radius 3 is 1.21 bits per heavy atom. The van der Waals surface area contributed by atoms with E-state index in [0.29, 0.717) is 0 Å². The Labute approximate surface area is 171 Å². The molecule has 0 aliphatic heterocycles. The molecular weight excluding hydrogens is 344 g/mol. The lowest BCUT2D eigenvalue weighted by Gasteiger charge is -2.23. The first kappa shape index (κ1) is 22.3. The van der Waals surface area contributed by atoms with Gasteiger partial charge in [0.25, 0.3) is 0 Å². The highest BCUT2D eigenvalue weighted by atomic mass is 16.1. The fourth-order valence-electron chi connectivity index (χ4n) is 3.33. The minimum absolute atomic E-state index is 0.107. The summed E-state index contributed by atoms with van der Waals surface area (Å²) in [5.74, 6) is 0.107. The van der Waals surface area contributed by atoms with E-state index in [1.54, 1.807) is 0 Å². The molecule has 3 nitrogen and oxygen atoms in total. The van der Waals surface area contributed by atoms with Crippen LogP contribution >= 0.6 is 0 Å². The zero-order valence-electron chi connectivity index (χ0n) is 18.7. The molecule has 0 atom stereocenters. The van der Waals surface area contributed by atoms with Gasteiger partial charge in [-0.05, 0) is 24.0 Å². The van der Waals surface area contributed by atoms with Crippen LogP contribution in [0.3, 0.4) is 0 Å². The van der Waals surface area contributed by atoms with Gasteiger partial charge in [-0.1, -0.05) is 48.5 Å². The summed E-state index contributed by atoms with van der Waals surface area (Å²) < 4.78 is 1.98. The topological polar surface area (TPSA) is 17.1 Å². The van der Waals surface area contributed by atoms with Gasteiger partial charge in [0.15, 0.2) is 5.78 Å². The van der Waals surface area contributed by atoms with Crippen LogP contribution in [0.15, 0.2) is 48.5 Å². The molecule has 2 aromatic rings. The molecule has 0 N–H and O–H groups in total. The van der Waals surface area contributed by atoms with Gasteiger partial charge in [0.1, 0.15) is 0 Å². The molecular formula is C25H38N2O+2. The highest BCUT2D eigenvalue weighted by Crippen LogP contribution is 2.14. The minimum atomic E-state index is 0.107. The lowest BCUT2D eigenvalue weighted by atomic mass is 9.99. The first-order chi connectivity index (χ1) is 13.0. The van der Waals surface area contributed by atoms with Crippen molar-refractivity contribution < 1.29 is 13.8 Å². The van der Waals surface area contributed by atoms with Crippen molar-refractivity contribution in [3.05, 3.63) is 70.8 Å². The van der Waals surface area contributed by atoms with Crippen LogP contribution in [0.25, 0.3) is 0 Å². The number of hydrogen-bond acceptors (Lipinski definition) is 1. The summed E-state index contributed by atoms with van der Waals surface area (Å²) in [6.45, 7) is 2.31. The van der Waals surface area contributed by atoms with E-state index in [1.807, 2.05) is 24.3 Å². The predicted octanol–water partition coefficient (Wildman–Crippen LogP) is 4.20. The molecule has 0 aliphatic rings. The van der Waals surface area contributed by atoms with Crippen molar-refractivity contribution in [2.75, 3.05) is 55.4 Å². The summed E-state index contributed by atoms with van der Waals surface area (Å²) in [5.41, 5.74) is 4.15. The van der Waals surface area contributed by atoms with Crippen LogP contribution in [0.1, 0.15) is 39.9 Å². The first-order valence-corrected chi connectivity index (χ1v) is 10.4. The summed E-state index contributed by atoms with van der Waals surface area (Å²) in [4.78, 5) is 12.8. The molecule has 152 valence electrons. The number of benzene rings is 2. The second kappa shape index (κ2) is 9.49. The standard InChI is InChI=1S/C25H38N2O/c1-26(2,3)19-7-9-21-11-15-23(16-12-21)25(28)24-17-13-22(14-18-24)10-8-20-27(4,5)6/h11-18H,7-10,19-20H2,1-6H3/q+2. The summed E-state index contributed by atoms with van der Waals surface area (Å²) in [5, 5.41) is 0. The number of carbonyl (C=O) groups excluding carboxylic acids is 1. The van der Waals surface area contributed by atoms with Gasteiger partial charge < -0.3 is 8.97 Å². The van der Waals surface area contributed by atoms with Gasteiger partial charge in [-0.2, -0.15) is 0 Å². The molecule has 0 amide bonds. The Hall–Kier alpha value is -1.97. The first-order valence-electron chi connectivity index (χ1n) is 10.4. The average molecular weight is 383 g/mol. The van der Waals surface area contributed by atoms with E-state index in [2.05, 4.69) is 66.6 Å². The third kappa shape index (κ3) is 7.95. The van der Waals surface area contributed by atoms with Crippen LogP contribution in [0, 0.1) is 0 Å². The predicted molar refractivity (Wildman–Crippen MR) is 119 cm³/mol. The van der Waals surface area contributed by atoms with Crippen molar-refractivity contribution in [2.24, 2.45) is 0 Å². The summed E-state index contributed by atoms with van der Waals surface area (Å²) in [6, 6.07) is 16.3. The molecule has 28 heavy (non-hydrogen) atoms. The van der Waals surface area contributed by atoms with Gasteiger partial charge in [0.05, 0.1) is 55.4 Å². The molecule has 3 heteroatoms. The third-order valence-corrected chi connectivity index (χ3v) is 5.02. The molecule has 0 aromatic heterocycles. The van der Waals surface area contributed by atoms with Crippen LogP contribution in [0.4, 0.5) is 0 Å². The number of carbonyl (C=O) groups is 1. The van der Waals surface area contributed by atoms with Gasteiger partial charge in [0, 0.05) is 24.0 Å². The quantitative estimate of drug-likeness (QED) is 0.445. The Morgan fingerprint density at radius 1 is 0.607 bits per heavy atom. The van der Waals surface area contributed by atoms with E-state index in [0.717, 1.165) is 58.9 Å². The third-order valence-electron chi connectivity index (χ3n) is 5.02. The molecule has 0 aliphatic carbocycles. The molecule has 0 radical (unpaired) electrons. The molecule has 0 saturated heterocycles. The zero-order chi connectivity index (χ0) is 20.8. The number of rotatable bonds is 10. The van der Waals surface area contributed by atoms with E-state index in [-0.39, 0.29) is 5.78 Å². The second-order valence-electron chi connectivity index (χ2n) is 9.96. The van der Waals surface area contributed by atoms with Crippen molar-refractivity contribution in [1.82, 2.24) is 0 Å². The van der Waals surface area contributed by atoms with Crippen molar-refractivity contribution in [2.45, 2.75) is 25.7 Å². The van der Waals surface area contributed by atoms with Gasteiger partial charge >= 0.3 is 0 Å². The highest BCUT2D eigenvalue weighted by molar-refractivity contribution is 6.08. The van der Waals surface area contributed by atoms with Crippen molar-refractivity contribution >= 4 is 5.78 Å². The average Bonchev–Trinajstić information content (AvgIpc) is 2.60. The lowest BCUT2D eigenvalue weighted by molar-refractivity contribution is -0.870. The monoisotopic (exact) mass is 382 g/mol. The zero-order valence-corrected chi connectivity index (χ0v) is 18.7. The van der Waals surface area contributed by atoms with E-state index in [1.165, 1.54) is 11.1 Å². The van der Waals surface area contributed by atoms with E-state index < -0.39 is 0 Å². The molecule has 0 spiro atoms. The fraction of sp³-hybridized carbons (Fsp3) is 0.480. The maximum Gasteiger partial charge on any atom is 0.193 e. The smallest absolute Gasteiger partial charge is 0.193 e. The van der Waals surface area contributed by atoms with Gasteiger partial charge in [-0.25, -0.2) is 0 Å². The SMILES string of the molecule is C[N+](C)(C)CCCc1ccc(C(=O)c2ccc(CCC[N+](C)(C)C)cc2)cc1. The molecule has 2 aromatic carbocycles. The Kier molecular flexibility index (Phi) is 7.56. The van der Waals surface area contributed by atoms with E-state index in [4.69, 9.17) is 0 Å². The van der Waals surface area contributed by atoms with E-state index in [9.17, 15) is 4.79 Å². The summed E-state index contributed by atoms with van der Waals surface area (Å²) >= 11 is 0.